The Kier molecular flexibility index (Phi) is 3.78. The maximum Gasteiger partial charge on any atom is 0.416 e. The van der Waals surface area contributed by atoms with Crippen molar-refractivity contribution in [2.75, 3.05) is 0 Å². The Morgan fingerprint density at radius 3 is 2.62 bits per heavy atom. The van der Waals surface area contributed by atoms with Gasteiger partial charge in [-0.3, -0.25) is 0 Å². The lowest BCUT2D eigenvalue weighted by Crippen LogP contribution is -2.13. The summed E-state index contributed by atoms with van der Waals surface area (Å²) in [5.41, 5.74) is -0.780. The van der Waals surface area contributed by atoms with Crippen LogP contribution >= 0.6 is 0 Å². The molecule has 0 amide bonds. The van der Waals surface area contributed by atoms with Crippen molar-refractivity contribution in [1.82, 2.24) is 0 Å². The van der Waals surface area contributed by atoms with Crippen LogP contribution in [0.4, 0.5) is 13.2 Å². The Balaban J connectivity index is 2.88. The molecule has 0 aliphatic carbocycles. The second-order valence-corrected chi connectivity index (χ2v) is 3.17. The second kappa shape index (κ2) is 4.88. The minimum absolute atomic E-state index is 0.0585. The van der Waals surface area contributed by atoms with E-state index in [2.05, 4.69) is 0 Å². The molecule has 0 bridgehead atoms. The fourth-order valence-corrected chi connectivity index (χ4v) is 1.11. The third kappa shape index (κ3) is 3.16. The number of nitriles is 1. The zero-order chi connectivity index (χ0) is 12.2. The molecule has 0 aromatic heterocycles. The van der Waals surface area contributed by atoms with E-state index in [0.717, 1.165) is 12.1 Å². The maximum atomic E-state index is 12.3. The third-order valence-electron chi connectivity index (χ3n) is 1.95. The van der Waals surface area contributed by atoms with Gasteiger partial charge >= 0.3 is 6.18 Å². The van der Waals surface area contributed by atoms with E-state index >= 15 is 0 Å². The monoisotopic (exact) mass is 229 g/mol. The van der Waals surface area contributed by atoms with E-state index in [9.17, 15) is 13.2 Å². The number of ether oxygens (including phenoxy) is 1. The Labute approximate surface area is 91.3 Å². The number of halogens is 3. The van der Waals surface area contributed by atoms with E-state index in [1.54, 1.807) is 6.92 Å². The molecule has 0 saturated heterocycles. The SMILES string of the molecule is CCC(C#N)Oc1cccc(C(F)(F)F)c1. The van der Waals surface area contributed by atoms with Crippen LogP contribution < -0.4 is 4.74 Å². The van der Waals surface area contributed by atoms with Gasteiger partial charge in [0.15, 0.2) is 6.10 Å². The summed E-state index contributed by atoms with van der Waals surface area (Å²) in [5, 5.41) is 8.62. The molecule has 1 aromatic rings. The Morgan fingerprint density at radius 2 is 2.12 bits per heavy atom. The highest BCUT2D eigenvalue weighted by molar-refractivity contribution is 5.30. The molecule has 1 rings (SSSR count). The number of hydrogen-bond acceptors (Lipinski definition) is 2. The topological polar surface area (TPSA) is 33.0 Å². The summed E-state index contributed by atoms with van der Waals surface area (Å²) in [4.78, 5) is 0. The molecule has 0 spiro atoms. The number of alkyl halides is 3. The highest BCUT2D eigenvalue weighted by atomic mass is 19.4. The highest BCUT2D eigenvalue weighted by Crippen LogP contribution is 2.31. The molecule has 0 aliphatic heterocycles. The Bertz CT molecular complexity index is 395. The van der Waals surface area contributed by atoms with Crippen LogP contribution in [0.3, 0.4) is 0 Å². The van der Waals surface area contributed by atoms with Crippen molar-refractivity contribution in [3.8, 4) is 11.8 Å². The van der Waals surface area contributed by atoms with Crippen molar-refractivity contribution in [3.05, 3.63) is 29.8 Å². The fraction of sp³-hybridized carbons (Fsp3) is 0.364. The van der Waals surface area contributed by atoms with Gasteiger partial charge in [-0.2, -0.15) is 18.4 Å². The van der Waals surface area contributed by atoms with Crippen molar-refractivity contribution >= 4 is 0 Å². The minimum atomic E-state index is -4.40. The second-order valence-electron chi connectivity index (χ2n) is 3.17. The van der Waals surface area contributed by atoms with Gasteiger partial charge in [-0.05, 0) is 24.6 Å². The van der Waals surface area contributed by atoms with Gasteiger partial charge in [0, 0.05) is 0 Å². The molecular weight excluding hydrogens is 219 g/mol. The molecule has 0 fully saturated rings. The van der Waals surface area contributed by atoms with Gasteiger partial charge in [0.25, 0.3) is 0 Å². The fourth-order valence-electron chi connectivity index (χ4n) is 1.11. The van der Waals surface area contributed by atoms with E-state index in [0.29, 0.717) is 6.42 Å². The van der Waals surface area contributed by atoms with Crippen LogP contribution in [-0.4, -0.2) is 6.10 Å². The first kappa shape index (κ1) is 12.4. The summed E-state index contributed by atoms with van der Waals surface area (Å²) in [5.74, 6) is 0.0585. The van der Waals surface area contributed by atoms with Gasteiger partial charge in [-0.15, -0.1) is 0 Å². The molecule has 16 heavy (non-hydrogen) atoms. The predicted octanol–water partition coefficient (Wildman–Crippen LogP) is 3.39. The smallest absolute Gasteiger partial charge is 0.416 e. The van der Waals surface area contributed by atoms with Crippen molar-refractivity contribution in [3.63, 3.8) is 0 Å². The van der Waals surface area contributed by atoms with Gasteiger partial charge in [0.1, 0.15) is 11.8 Å². The largest absolute Gasteiger partial charge is 0.476 e. The molecule has 0 heterocycles. The Morgan fingerprint density at radius 1 is 1.44 bits per heavy atom. The number of hydrogen-bond donors (Lipinski definition) is 0. The summed E-state index contributed by atoms with van der Waals surface area (Å²) in [6.45, 7) is 1.72. The Hall–Kier alpha value is -1.70. The van der Waals surface area contributed by atoms with Crippen LogP contribution in [0, 0.1) is 11.3 Å². The van der Waals surface area contributed by atoms with Crippen molar-refractivity contribution in [2.24, 2.45) is 0 Å². The number of benzene rings is 1. The highest BCUT2D eigenvalue weighted by Gasteiger charge is 2.30. The molecule has 86 valence electrons. The number of rotatable bonds is 3. The van der Waals surface area contributed by atoms with Crippen molar-refractivity contribution in [1.29, 1.82) is 5.26 Å². The van der Waals surface area contributed by atoms with Gasteiger partial charge in [0.05, 0.1) is 5.56 Å². The molecule has 1 atom stereocenters. The normalized spacial score (nSPS) is 12.9. The molecule has 1 unspecified atom stereocenters. The molecule has 0 saturated carbocycles. The van der Waals surface area contributed by atoms with Crippen molar-refractivity contribution < 1.29 is 17.9 Å². The third-order valence-corrected chi connectivity index (χ3v) is 1.95. The lowest BCUT2D eigenvalue weighted by Gasteiger charge is -2.12. The summed E-state index contributed by atoms with van der Waals surface area (Å²) < 4.78 is 42.1. The van der Waals surface area contributed by atoms with E-state index in [1.165, 1.54) is 12.1 Å². The van der Waals surface area contributed by atoms with Crippen LogP contribution in [0.1, 0.15) is 18.9 Å². The standard InChI is InChI=1S/C11H10F3NO/c1-2-9(7-15)16-10-5-3-4-8(6-10)11(12,13)14/h3-6,9H,2H2,1H3. The van der Waals surface area contributed by atoms with E-state index in [4.69, 9.17) is 10.00 Å². The van der Waals surface area contributed by atoms with Crippen LogP contribution in [0.15, 0.2) is 24.3 Å². The first-order chi connectivity index (χ1) is 7.47. The van der Waals surface area contributed by atoms with Crippen LogP contribution in [0.25, 0.3) is 0 Å². The molecule has 0 radical (unpaired) electrons. The van der Waals surface area contributed by atoms with Crippen LogP contribution in [0.2, 0.25) is 0 Å². The lowest BCUT2D eigenvalue weighted by molar-refractivity contribution is -0.137. The van der Waals surface area contributed by atoms with E-state index < -0.39 is 17.8 Å². The van der Waals surface area contributed by atoms with E-state index in [1.807, 2.05) is 6.07 Å². The van der Waals surface area contributed by atoms with Gasteiger partial charge < -0.3 is 4.74 Å². The molecule has 5 heteroatoms. The molecular formula is C11H10F3NO. The summed E-state index contributed by atoms with van der Waals surface area (Å²) in [6.07, 6.45) is -4.69. The first-order valence-electron chi connectivity index (χ1n) is 4.71. The molecule has 1 aromatic carbocycles. The maximum absolute atomic E-state index is 12.3. The summed E-state index contributed by atoms with van der Waals surface area (Å²) in [6, 6.07) is 6.35. The zero-order valence-electron chi connectivity index (χ0n) is 8.58. The summed E-state index contributed by atoms with van der Waals surface area (Å²) >= 11 is 0. The van der Waals surface area contributed by atoms with Gasteiger partial charge in [-0.1, -0.05) is 13.0 Å². The summed E-state index contributed by atoms with van der Waals surface area (Å²) in [7, 11) is 0. The number of nitrogens with zero attached hydrogens (tertiary/aromatic N) is 1. The van der Waals surface area contributed by atoms with Crippen molar-refractivity contribution in [2.45, 2.75) is 25.6 Å². The average molecular weight is 229 g/mol. The zero-order valence-corrected chi connectivity index (χ0v) is 8.58. The average Bonchev–Trinajstić information content (AvgIpc) is 2.25. The molecule has 0 aliphatic rings. The predicted molar refractivity (Wildman–Crippen MR) is 51.8 cm³/mol. The lowest BCUT2D eigenvalue weighted by atomic mass is 10.2. The van der Waals surface area contributed by atoms with Crippen LogP contribution in [0.5, 0.6) is 5.75 Å². The van der Waals surface area contributed by atoms with Gasteiger partial charge in [0.2, 0.25) is 0 Å². The van der Waals surface area contributed by atoms with Crippen LogP contribution in [-0.2, 0) is 6.18 Å². The van der Waals surface area contributed by atoms with Gasteiger partial charge in [-0.25, -0.2) is 0 Å². The first-order valence-corrected chi connectivity index (χ1v) is 4.71. The van der Waals surface area contributed by atoms with E-state index in [-0.39, 0.29) is 5.75 Å². The quantitative estimate of drug-likeness (QED) is 0.795. The molecule has 2 nitrogen and oxygen atoms in total. The minimum Gasteiger partial charge on any atom is -0.476 e. The molecule has 0 N–H and O–H groups in total.